The summed E-state index contributed by atoms with van der Waals surface area (Å²) in [6.45, 7) is 5.35. The maximum atomic E-state index is 11.3. The van der Waals surface area contributed by atoms with Gasteiger partial charge in [-0.25, -0.2) is 5.90 Å². The van der Waals surface area contributed by atoms with Crippen LogP contribution in [-0.4, -0.2) is 29.9 Å². The zero-order chi connectivity index (χ0) is 10.5. The molecule has 0 bridgehead atoms. The van der Waals surface area contributed by atoms with Gasteiger partial charge in [-0.15, -0.1) is 0 Å². The largest absolute Gasteiger partial charge is 0.459 e. The molecule has 2 aliphatic rings. The molecule has 3 unspecified atom stereocenters. The molecule has 0 aromatic heterocycles. The molecule has 2 rings (SSSR count). The molecule has 0 aromatic carbocycles. The number of nitrogens with two attached hydrogens (primary N) is 1. The van der Waals surface area contributed by atoms with Crippen LogP contribution >= 0.6 is 0 Å². The van der Waals surface area contributed by atoms with Crippen molar-refractivity contribution in [2.45, 2.75) is 44.7 Å². The zero-order valence-electron chi connectivity index (χ0n) is 8.52. The second kappa shape index (κ2) is 2.92. The molecule has 2 N–H and O–H groups in total. The molecule has 0 spiro atoms. The minimum absolute atomic E-state index is 0.0301. The molecular weight excluding hydrogens is 186 g/mol. The van der Waals surface area contributed by atoms with Crippen molar-refractivity contribution in [3.8, 4) is 0 Å². The van der Waals surface area contributed by atoms with Crippen LogP contribution < -0.4 is 5.90 Å². The van der Waals surface area contributed by atoms with Crippen molar-refractivity contribution in [1.82, 2.24) is 0 Å². The third-order valence-electron chi connectivity index (χ3n) is 2.88. The summed E-state index contributed by atoms with van der Waals surface area (Å²) in [6.07, 6.45) is -0.281. The standard InChI is InChI=1S/C9H15NO4/c1-4(2)8(11)12-5(3)9(14-10)6-7(9)13-6/h4-7H,10H2,1-3H3. The van der Waals surface area contributed by atoms with Crippen LogP contribution in [0.5, 0.6) is 0 Å². The van der Waals surface area contributed by atoms with Gasteiger partial charge in [-0.05, 0) is 6.92 Å². The van der Waals surface area contributed by atoms with E-state index in [-0.39, 0.29) is 30.2 Å². The van der Waals surface area contributed by atoms with E-state index < -0.39 is 5.60 Å². The van der Waals surface area contributed by atoms with Gasteiger partial charge in [0.25, 0.3) is 0 Å². The first-order valence-corrected chi connectivity index (χ1v) is 4.78. The van der Waals surface area contributed by atoms with E-state index in [0.29, 0.717) is 0 Å². The molecule has 80 valence electrons. The third-order valence-corrected chi connectivity index (χ3v) is 2.88. The van der Waals surface area contributed by atoms with E-state index in [2.05, 4.69) is 0 Å². The minimum atomic E-state index is -0.565. The Morgan fingerprint density at radius 1 is 1.43 bits per heavy atom. The maximum absolute atomic E-state index is 11.3. The Labute approximate surface area is 82.4 Å². The van der Waals surface area contributed by atoms with E-state index in [9.17, 15) is 4.79 Å². The van der Waals surface area contributed by atoms with E-state index in [1.165, 1.54) is 0 Å². The quantitative estimate of drug-likeness (QED) is 0.393. The second-order valence-electron chi connectivity index (χ2n) is 4.18. The minimum Gasteiger partial charge on any atom is -0.459 e. The van der Waals surface area contributed by atoms with Gasteiger partial charge in [-0.2, -0.15) is 0 Å². The number of ether oxygens (including phenoxy) is 2. The van der Waals surface area contributed by atoms with Crippen LogP contribution in [0.1, 0.15) is 20.8 Å². The summed E-state index contributed by atoms with van der Waals surface area (Å²) >= 11 is 0. The summed E-state index contributed by atoms with van der Waals surface area (Å²) in [5.74, 6) is 4.80. The zero-order valence-corrected chi connectivity index (χ0v) is 8.52. The average Bonchev–Trinajstić information content (AvgIpc) is 2.92. The Morgan fingerprint density at radius 2 is 2.00 bits per heavy atom. The molecule has 5 nitrogen and oxygen atoms in total. The molecule has 0 aromatic rings. The summed E-state index contributed by atoms with van der Waals surface area (Å²) in [7, 11) is 0. The van der Waals surface area contributed by atoms with Crippen molar-refractivity contribution >= 4 is 5.97 Å². The lowest BCUT2D eigenvalue weighted by molar-refractivity contribution is -0.177. The molecule has 0 radical (unpaired) electrons. The van der Waals surface area contributed by atoms with Crippen molar-refractivity contribution in [1.29, 1.82) is 0 Å². The number of carbonyl (C=O) groups is 1. The summed E-state index contributed by atoms with van der Waals surface area (Å²) in [5, 5.41) is 0. The third kappa shape index (κ3) is 1.16. The maximum Gasteiger partial charge on any atom is 0.308 e. The van der Waals surface area contributed by atoms with Crippen molar-refractivity contribution < 1.29 is 19.1 Å². The lowest BCUT2D eigenvalue weighted by atomic mass is 10.1. The van der Waals surface area contributed by atoms with Gasteiger partial charge in [0, 0.05) is 0 Å². The summed E-state index contributed by atoms with van der Waals surface area (Å²) in [4.78, 5) is 16.2. The van der Waals surface area contributed by atoms with Gasteiger partial charge in [0.2, 0.25) is 0 Å². The fraction of sp³-hybridized carbons (Fsp3) is 0.889. The first-order valence-electron chi connectivity index (χ1n) is 4.78. The molecule has 1 heterocycles. The summed E-state index contributed by atoms with van der Waals surface area (Å²) in [5.41, 5.74) is -0.565. The van der Waals surface area contributed by atoms with Crippen molar-refractivity contribution in [3.05, 3.63) is 0 Å². The number of fused-ring (bicyclic) bond motifs is 1. The van der Waals surface area contributed by atoms with Gasteiger partial charge in [0.15, 0.2) is 5.60 Å². The lowest BCUT2D eigenvalue weighted by Gasteiger charge is -2.26. The van der Waals surface area contributed by atoms with Crippen LogP contribution in [-0.2, 0) is 19.1 Å². The highest BCUT2D eigenvalue weighted by Gasteiger charge is 2.85. The molecule has 1 saturated carbocycles. The van der Waals surface area contributed by atoms with Crippen LogP contribution in [0.3, 0.4) is 0 Å². The summed E-state index contributed by atoms with van der Waals surface area (Å²) < 4.78 is 10.3. The first-order chi connectivity index (χ1) is 6.54. The normalized spacial score (nSPS) is 40.4. The Kier molecular flexibility index (Phi) is 2.06. The van der Waals surface area contributed by atoms with Gasteiger partial charge < -0.3 is 9.47 Å². The molecule has 2 fully saturated rings. The van der Waals surface area contributed by atoms with Crippen LogP contribution in [0.4, 0.5) is 0 Å². The smallest absolute Gasteiger partial charge is 0.308 e. The fourth-order valence-electron chi connectivity index (χ4n) is 1.67. The molecule has 1 aliphatic carbocycles. The number of hydrogen-bond acceptors (Lipinski definition) is 5. The topological polar surface area (TPSA) is 74.1 Å². The predicted octanol–water partition coefficient (Wildman–Crippen LogP) is -0.0158. The van der Waals surface area contributed by atoms with Crippen LogP contribution in [0.15, 0.2) is 0 Å². The van der Waals surface area contributed by atoms with E-state index in [1.54, 1.807) is 20.8 Å². The van der Waals surface area contributed by atoms with Gasteiger partial charge >= 0.3 is 5.97 Å². The van der Waals surface area contributed by atoms with E-state index in [4.69, 9.17) is 20.2 Å². The van der Waals surface area contributed by atoms with Crippen LogP contribution in [0, 0.1) is 5.92 Å². The molecule has 1 aliphatic heterocycles. The number of epoxide rings is 1. The Morgan fingerprint density at radius 3 is 2.29 bits per heavy atom. The highest BCUT2D eigenvalue weighted by molar-refractivity contribution is 5.72. The van der Waals surface area contributed by atoms with E-state index >= 15 is 0 Å². The van der Waals surface area contributed by atoms with Crippen molar-refractivity contribution in [2.24, 2.45) is 11.8 Å². The number of esters is 1. The van der Waals surface area contributed by atoms with Gasteiger partial charge in [0.1, 0.15) is 18.3 Å². The average molecular weight is 201 g/mol. The number of hydrogen-bond donors (Lipinski definition) is 1. The molecular formula is C9H15NO4. The molecule has 3 atom stereocenters. The Hall–Kier alpha value is -0.650. The van der Waals surface area contributed by atoms with Gasteiger partial charge in [0.05, 0.1) is 5.92 Å². The monoisotopic (exact) mass is 201 g/mol. The van der Waals surface area contributed by atoms with Gasteiger partial charge in [-0.1, -0.05) is 13.8 Å². The highest BCUT2D eigenvalue weighted by Crippen LogP contribution is 2.61. The molecule has 14 heavy (non-hydrogen) atoms. The number of rotatable bonds is 4. The Bertz CT molecular complexity index is 258. The predicted molar refractivity (Wildman–Crippen MR) is 47.1 cm³/mol. The lowest BCUT2D eigenvalue weighted by Crippen LogP contribution is -2.44. The van der Waals surface area contributed by atoms with Crippen LogP contribution in [0.25, 0.3) is 0 Å². The van der Waals surface area contributed by atoms with Crippen molar-refractivity contribution in [3.63, 3.8) is 0 Å². The van der Waals surface area contributed by atoms with Crippen LogP contribution in [0.2, 0.25) is 0 Å². The number of carbonyl (C=O) groups excluding carboxylic acids is 1. The molecule has 1 saturated heterocycles. The molecule has 0 amide bonds. The molecule has 5 heteroatoms. The van der Waals surface area contributed by atoms with E-state index in [1.807, 2.05) is 0 Å². The highest BCUT2D eigenvalue weighted by atomic mass is 16.8. The first kappa shape index (κ1) is 9.89. The SMILES string of the molecule is CC(C)C(=O)OC(C)C1(ON)C2OC21. The van der Waals surface area contributed by atoms with Crippen molar-refractivity contribution in [2.75, 3.05) is 0 Å². The van der Waals surface area contributed by atoms with Gasteiger partial charge in [-0.3, -0.25) is 9.63 Å². The fourth-order valence-corrected chi connectivity index (χ4v) is 1.67. The summed E-state index contributed by atoms with van der Waals surface area (Å²) in [6, 6.07) is 0. The van der Waals surface area contributed by atoms with E-state index in [0.717, 1.165) is 0 Å². The second-order valence-corrected chi connectivity index (χ2v) is 4.18. The Balaban J connectivity index is 1.90.